The van der Waals surface area contributed by atoms with Gasteiger partial charge in [-0.25, -0.2) is 0 Å². The molecule has 1 aromatic carbocycles. The molecule has 0 radical (unpaired) electrons. The van der Waals surface area contributed by atoms with Crippen LogP contribution in [0.1, 0.15) is 18.1 Å². The first-order valence-corrected chi connectivity index (χ1v) is 10.1. The number of ketones is 2. The fourth-order valence-corrected chi connectivity index (χ4v) is 5.60. The van der Waals surface area contributed by atoms with Gasteiger partial charge in [0.05, 0.1) is 40.7 Å². The third kappa shape index (κ3) is 2.61. The Bertz CT molecular complexity index is 1180. The number of aromatic hydroxyl groups is 1. The third-order valence-corrected chi connectivity index (χ3v) is 7.03. The van der Waals surface area contributed by atoms with Gasteiger partial charge < -0.3 is 36.4 Å². The predicted octanol–water partition coefficient (Wildman–Crippen LogP) is -1.40. The monoisotopic (exact) mass is 460 g/mol. The summed E-state index contributed by atoms with van der Waals surface area (Å²) in [6.45, 7) is 1.25. The van der Waals surface area contributed by atoms with Crippen molar-refractivity contribution in [1.29, 1.82) is 0 Å². The van der Waals surface area contributed by atoms with Crippen molar-refractivity contribution in [3.05, 3.63) is 46.2 Å². The molecule has 1 amide bonds. The molecule has 11 nitrogen and oxygen atoms in total. The van der Waals surface area contributed by atoms with Gasteiger partial charge in [0.1, 0.15) is 22.8 Å². The first-order valence-electron chi connectivity index (χ1n) is 10.1. The maximum atomic E-state index is 13.7. The average Bonchev–Trinajstić information content (AvgIpc) is 2.70. The summed E-state index contributed by atoms with van der Waals surface area (Å²) < 4.78 is 0. The molecule has 8 N–H and O–H groups in total. The van der Waals surface area contributed by atoms with Crippen LogP contribution in [0.4, 0.5) is 0 Å². The van der Waals surface area contributed by atoms with Crippen molar-refractivity contribution in [2.75, 3.05) is 14.1 Å². The SMILES string of the molecule is CN(C)[C@H]1C(=O)C(C(N)=O)=C(O)[C@]2(O)C(=O)C3=C(O)c4c(O)cccc4C(C)(O)[C@@H]3[C@@H](O)[C@H]12. The number of amides is 1. The molecule has 0 spiro atoms. The number of rotatable bonds is 2. The van der Waals surface area contributed by atoms with Gasteiger partial charge in [0.25, 0.3) is 5.91 Å². The second-order valence-corrected chi connectivity index (χ2v) is 9.06. The Morgan fingerprint density at radius 3 is 2.27 bits per heavy atom. The van der Waals surface area contributed by atoms with Gasteiger partial charge in [-0.1, -0.05) is 12.1 Å². The number of fused-ring (bicyclic) bond motifs is 3. The molecule has 3 aliphatic rings. The molecule has 3 aliphatic carbocycles. The Morgan fingerprint density at radius 1 is 1.12 bits per heavy atom. The minimum atomic E-state index is -3.02. The first-order chi connectivity index (χ1) is 15.2. The Balaban J connectivity index is 2.11. The summed E-state index contributed by atoms with van der Waals surface area (Å²) in [5, 5.41) is 66.3. The summed E-state index contributed by atoms with van der Waals surface area (Å²) in [7, 11) is 2.80. The maximum absolute atomic E-state index is 13.7. The number of carbonyl (C=O) groups is 3. The Labute approximate surface area is 187 Å². The molecule has 1 saturated carbocycles. The minimum absolute atomic E-state index is 0.00664. The number of phenolic OH excluding ortho intramolecular Hbond substituents is 1. The van der Waals surface area contributed by atoms with Crippen molar-refractivity contribution in [3.8, 4) is 5.75 Å². The Morgan fingerprint density at radius 2 is 1.73 bits per heavy atom. The van der Waals surface area contributed by atoms with E-state index < -0.39 is 81.1 Å². The minimum Gasteiger partial charge on any atom is -0.508 e. The van der Waals surface area contributed by atoms with E-state index in [9.17, 15) is 45.0 Å². The molecule has 0 heterocycles. The number of Topliss-reactive ketones (excluding diaryl/α,β-unsaturated/α-hetero) is 2. The highest BCUT2D eigenvalue weighted by Crippen LogP contribution is 2.57. The third-order valence-electron chi connectivity index (χ3n) is 7.03. The number of carbonyl (C=O) groups excluding carboxylic acids is 3. The van der Waals surface area contributed by atoms with E-state index in [1.165, 1.54) is 44.1 Å². The molecule has 1 unspecified atom stereocenters. The van der Waals surface area contributed by atoms with Crippen LogP contribution in [-0.2, 0) is 20.0 Å². The lowest BCUT2D eigenvalue weighted by atomic mass is 9.53. The fourth-order valence-electron chi connectivity index (χ4n) is 5.60. The van der Waals surface area contributed by atoms with Crippen LogP contribution in [0.25, 0.3) is 5.76 Å². The molecule has 0 aliphatic heterocycles. The van der Waals surface area contributed by atoms with Crippen molar-refractivity contribution in [3.63, 3.8) is 0 Å². The zero-order chi connectivity index (χ0) is 24.8. The van der Waals surface area contributed by atoms with E-state index in [1.54, 1.807) is 0 Å². The van der Waals surface area contributed by atoms with Crippen LogP contribution in [0.15, 0.2) is 35.1 Å². The van der Waals surface area contributed by atoms with Crippen LogP contribution in [0.2, 0.25) is 0 Å². The molecular weight excluding hydrogens is 436 g/mol. The quantitative estimate of drug-likeness (QED) is 0.257. The number of nitrogens with two attached hydrogens (primary N) is 1. The molecular formula is C22H24N2O9. The van der Waals surface area contributed by atoms with Gasteiger partial charge in [-0.15, -0.1) is 0 Å². The van der Waals surface area contributed by atoms with Crippen molar-refractivity contribution in [2.45, 2.75) is 30.3 Å². The summed E-state index contributed by atoms with van der Waals surface area (Å²) in [6.07, 6.45) is -1.87. The summed E-state index contributed by atoms with van der Waals surface area (Å²) in [5.74, 6) is -9.67. The summed E-state index contributed by atoms with van der Waals surface area (Å²) in [6, 6.07) is 2.50. The number of nitrogens with zero attached hydrogens (tertiary/aromatic N) is 1. The van der Waals surface area contributed by atoms with Gasteiger partial charge in [-0.3, -0.25) is 19.3 Å². The van der Waals surface area contributed by atoms with E-state index in [0.717, 1.165) is 0 Å². The van der Waals surface area contributed by atoms with E-state index >= 15 is 0 Å². The number of phenols is 1. The molecule has 1 fully saturated rings. The van der Waals surface area contributed by atoms with Gasteiger partial charge in [0.15, 0.2) is 11.4 Å². The molecule has 11 heteroatoms. The highest BCUT2D eigenvalue weighted by Gasteiger charge is 2.70. The summed E-state index contributed by atoms with van der Waals surface area (Å²) in [4.78, 5) is 39.9. The smallest absolute Gasteiger partial charge is 0.255 e. The topological polar surface area (TPSA) is 202 Å². The van der Waals surface area contributed by atoms with E-state index in [-0.39, 0.29) is 11.1 Å². The van der Waals surface area contributed by atoms with E-state index in [2.05, 4.69) is 0 Å². The first kappa shape index (κ1) is 22.9. The zero-order valence-corrected chi connectivity index (χ0v) is 18.0. The molecule has 176 valence electrons. The van der Waals surface area contributed by atoms with Crippen molar-refractivity contribution in [2.24, 2.45) is 17.6 Å². The molecule has 1 aromatic rings. The Hall–Kier alpha value is -3.25. The van der Waals surface area contributed by atoms with Crippen LogP contribution in [0.3, 0.4) is 0 Å². The van der Waals surface area contributed by atoms with Gasteiger partial charge in [0.2, 0.25) is 5.78 Å². The number of aliphatic hydroxyl groups excluding tert-OH is 3. The van der Waals surface area contributed by atoms with E-state index in [0.29, 0.717) is 0 Å². The summed E-state index contributed by atoms with van der Waals surface area (Å²) in [5.41, 5.74) is -1.78. The van der Waals surface area contributed by atoms with Gasteiger partial charge in [-0.05, 0) is 32.6 Å². The van der Waals surface area contributed by atoms with Crippen LogP contribution in [0, 0.1) is 11.8 Å². The number of aliphatic hydroxyl groups is 5. The van der Waals surface area contributed by atoms with Crippen molar-refractivity contribution < 1.29 is 45.0 Å². The van der Waals surface area contributed by atoms with Crippen LogP contribution >= 0.6 is 0 Å². The maximum Gasteiger partial charge on any atom is 0.255 e. The molecule has 0 bridgehead atoms. The lowest BCUT2D eigenvalue weighted by molar-refractivity contribution is -0.181. The van der Waals surface area contributed by atoms with Crippen molar-refractivity contribution in [1.82, 2.24) is 4.90 Å². The van der Waals surface area contributed by atoms with Gasteiger partial charge >= 0.3 is 0 Å². The lowest BCUT2D eigenvalue weighted by Crippen LogP contribution is -2.71. The highest BCUT2D eigenvalue weighted by atomic mass is 16.4. The fraction of sp³-hybridized carbons (Fsp3) is 0.409. The standard InChI is InChI=1S/C22H24N2O9/c1-21(32)7-5-4-6-8(25)9(7)15(26)10-12(21)17(28)13-14(24(2)3)16(27)11(20(23)31)19(30)22(13,33)18(10)29/h4-6,12-14,17,25-26,28,30,32-33H,1-3H3,(H2,23,31)/t12-,13-,14+,17+,21?,22+/m0/s1. The number of hydrogen-bond acceptors (Lipinski definition) is 10. The Kier molecular flexibility index (Phi) is 4.78. The van der Waals surface area contributed by atoms with Crippen LogP contribution in [0.5, 0.6) is 5.75 Å². The van der Waals surface area contributed by atoms with Crippen LogP contribution < -0.4 is 5.73 Å². The molecule has 4 rings (SSSR count). The zero-order valence-electron chi connectivity index (χ0n) is 18.0. The summed E-state index contributed by atoms with van der Waals surface area (Å²) >= 11 is 0. The van der Waals surface area contributed by atoms with Crippen LogP contribution in [-0.4, -0.2) is 84.9 Å². The highest BCUT2D eigenvalue weighted by molar-refractivity contribution is 6.24. The van der Waals surface area contributed by atoms with Gasteiger partial charge in [0, 0.05) is 0 Å². The van der Waals surface area contributed by atoms with E-state index in [1.807, 2.05) is 0 Å². The van der Waals surface area contributed by atoms with E-state index in [4.69, 9.17) is 5.73 Å². The lowest BCUT2D eigenvalue weighted by Gasteiger charge is -2.55. The number of primary amides is 1. The molecule has 0 aromatic heterocycles. The largest absolute Gasteiger partial charge is 0.508 e. The molecule has 0 saturated heterocycles. The number of likely N-dealkylation sites (N-methyl/N-ethyl adjacent to an activating group) is 1. The molecule has 6 atom stereocenters. The average molecular weight is 460 g/mol. The normalized spacial score (nSPS) is 36.0. The van der Waals surface area contributed by atoms with Gasteiger partial charge in [-0.2, -0.15) is 0 Å². The second-order valence-electron chi connectivity index (χ2n) is 9.06. The second kappa shape index (κ2) is 6.87. The predicted molar refractivity (Wildman–Crippen MR) is 112 cm³/mol. The molecule has 33 heavy (non-hydrogen) atoms. The number of benzene rings is 1. The number of hydrogen-bond donors (Lipinski definition) is 7. The van der Waals surface area contributed by atoms with Crippen molar-refractivity contribution >= 4 is 23.2 Å².